The second-order valence-electron chi connectivity index (χ2n) is 30.2. The quantitative estimate of drug-likeness (QED) is 0.142. The topological polar surface area (TPSA) is 26.3 Å². The molecule has 0 bridgehead atoms. The molecule has 0 aliphatic rings. The lowest BCUT2D eigenvalue weighted by Crippen LogP contribution is -1.91. The normalized spacial score (nSPS) is 11.9. The molecule has 2 heteroatoms. The first-order valence-electron chi connectivity index (χ1n) is 39.4. The van der Waals surface area contributed by atoms with Crippen LogP contribution in [0.3, 0.4) is 0 Å². The smallest absolute Gasteiger partial charge is 0.143 e. The summed E-state index contributed by atoms with van der Waals surface area (Å²) in [6.07, 6.45) is 0. The molecule has 0 atom stereocenters. The minimum Gasteiger partial charge on any atom is -0.455 e. The second-order valence-corrected chi connectivity index (χ2v) is 30.2. The summed E-state index contributed by atoms with van der Waals surface area (Å²) < 4.78 is 13.9. The largest absolute Gasteiger partial charge is 0.455 e. The van der Waals surface area contributed by atoms with Crippen LogP contribution in [0.15, 0.2) is 421 Å². The second kappa shape index (κ2) is 26.4. The van der Waals surface area contributed by atoms with Gasteiger partial charge in [0.05, 0.1) is 0 Å². The van der Waals surface area contributed by atoms with E-state index >= 15 is 0 Å². The molecular weight excluding hydrogens is 1380 g/mol. The van der Waals surface area contributed by atoms with Gasteiger partial charge < -0.3 is 8.83 Å². The number of fused-ring (bicyclic) bond motifs is 16. The summed E-state index contributed by atoms with van der Waals surface area (Å²) in [5.41, 5.74) is 23.0. The third kappa shape index (κ3) is 10.2. The summed E-state index contributed by atoms with van der Waals surface area (Å²) in [6.45, 7) is 0. The SMILES string of the molecule is c1ccc(-c2c3ccccc3c(-c3cccc4c3oc3ccc(-c5c6ccccc6c(-c6ccc7ccccc7c6)c6ccccc56)cc34)c3ccccc23)cc1.c1ccc(-c2c3ccccc3c(-c3cccc4c3oc3ccc(-c5c6ccccc6c(-c6cccc7ccccc67)c6ccccc56)cc34)c3ccccc23)cc1. The molecule has 0 fully saturated rings. The molecule has 0 aliphatic heterocycles. The van der Waals surface area contributed by atoms with Gasteiger partial charge in [-0.15, -0.1) is 0 Å². The standard InChI is InChI=1S/2C56H34O/c1-2-17-36(18-3-1)52-40-21-6-12-27-46(40)55(47-28-13-7-22-41(47)52)49-31-15-30-48-50-34-37(32-33-51(50)57-56(48)49)53-42-23-8-10-25-44(42)54(45-26-11-9-24-43(45)53)39-29-14-19-35-16-4-5-20-38(35)39;1-2-16-36(17-3-1)52-44-23-10-12-25-46(44)55(47-26-13-11-24-45(47)52)49-28-14-27-48-50-34-39(31-32-51(50)57-56(48)49)54-42-21-8-6-19-40(42)53(41-20-7-9-22-43(41)54)38-30-29-35-15-4-5-18-37(35)33-38/h2*1-34H. The van der Waals surface area contributed by atoms with E-state index in [4.69, 9.17) is 8.83 Å². The zero-order valence-corrected chi connectivity index (χ0v) is 62.1. The fourth-order valence-electron chi connectivity index (χ4n) is 19.2. The minimum atomic E-state index is 0.886. The van der Waals surface area contributed by atoms with Gasteiger partial charge in [0.1, 0.15) is 22.3 Å². The third-order valence-electron chi connectivity index (χ3n) is 24.1. The fraction of sp³-hybridized carbons (Fsp3) is 0. The van der Waals surface area contributed by atoms with Crippen LogP contribution in [0.1, 0.15) is 0 Å². The first kappa shape index (κ1) is 65.0. The van der Waals surface area contributed by atoms with Crippen LogP contribution < -0.4 is 0 Å². The van der Waals surface area contributed by atoms with Crippen LogP contribution in [0.5, 0.6) is 0 Å². The maximum Gasteiger partial charge on any atom is 0.143 e. The Balaban J connectivity index is 0.000000135. The molecule has 0 saturated carbocycles. The molecule has 22 aromatic carbocycles. The summed E-state index contributed by atoms with van der Waals surface area (Å²) in [5, 5.41) is 29.2. The van der Waals surface area contributed by atoms with Gasteiger partial charge in [-0.1, -0.05) is 382 Å². The summed E-state index contributed by atoms with van der Waals surface area (Å²) in [7, 11) is 0. The van der Waals surface area contributed by atoms with Crippen molar-refractivity contribution in [1.82, 2.24) is 0 Å². The van der Waals surface area contributed by atoms with E-state index in [2.05, 4.69) is 413 Å². The van der Waals surface area contributed by atoms with Gasteiger partial charge in [0.2, 0.25) is 0 Å². The third-order valence-corrected chi connectivity index (χ3v) is 24.1. The predicted molar refractivity (Wildman–Crippen MR) is 486 cm³/mol. The zero-order chi connectivity index (χ0) is 74.9. The highest BCUT2D eigenvalue weighted by atomic mass is 16.3. The fourth-order valence-corrected chi connectivity index (χ4v) is 19.2. The number of rotatable bonds is 8. The number of para-hydroxylation sites is 2. The Morgan fingerprint density at radius 1 is 0.123 bits per heavy atom. The van der Waals surface area contributed by atoms with E-state index in [0.29, 0.717) is 0 Å². The zero-order valence-electron chi connectivity index (χ0n) is 62.1. The number of furan rings is 2. The van der Waals surface area contributed by atoms with E-state index in [1.54, 1.807) is 0 Å². The molecule has 24 rings (SSSR count). The van der Waals surface area contributed by atoms with Crippen LogP contribution in [0.25, 0.3) is 241 Å². The van der Waals surface area contributed by atoms with Crippen LogP contribution >= 0.6 is 0 Å². The first-order valence-corrected chi connectivity index (χ1v) is 39.4. The van der Waals surface area contributed by atoms with E-state index < -0.39 is 0 Å². The van der Waals surface area contributed by atoms with Crippen molar-refractivity contribution in [3.63, 3.8) is 0 Å². The number of hydrogen-bond acceptors (Lipinski definition) is 2. The van der Waals surface area contributed by atoms with Gasteiger partial charge in [-0.05, 0) is 205 Å². The monoisotopic (exact) mass is 1440 g/mol. The van der Waals surface area contributed by atoms with Crippen molar-refractivity contribution in [2.75, 3.05) is 0 Å². The Morgan fingerprint density at radius 2 is 0.368 bits per heavy atom. The van der Waals surface area contributed by atoms with Crippen LogP contribution in [0.4, 0.5) is 0 Å². The summed E-state index contributed by atoms with van der Waals surface area (Å²) in [5.74, 6) is 0. The van der Waals surface area contributed by atoms with Gasteiger partial charge in [-0.3, -0.25) is 0 Å². The lowest BCUT2D eigenvalue weighted by Gasteiger charge is -2.18. The van der Waals surface area contributed by atoms with Crippen LogP contribution in [-0.4, -0.2) is 0 Å². The molecule has 0 spiro atoms. The van der Waals surface area contributed by atoms with Crippen LogP contribution in [0.2, 0.25) is 0 Å². The van der Waals surface area contributed by atoms with E-state index in [0.717, 1.165) is 55.0 Å². The number of benzene rings is 22. The van der Waals surface area contributed by atoms with Crippen molar-refractivity contribution >= 4 is 152 Å². The predicted octanol–water partition coefficient (Wildman–Crippen LogP) is 32.0. The highest BCUT2D eigenvalue weighted by molar-refractivity contribution is 6.29. The van der Waals surface area contributed by atoms with Gasteiger partial charge in [0.25, 0.3) is 0 Å². The minimum absolute atomic E-state index is 0.886. The van der Waals surface area contributed by atoms with Crippen molar-refractivity contribution < 1.29 is 8.83 Å². The maximum atomic E-state index is 6.93. The number of hydrogen-bond donors (Lipinski definition) is 0. The molecule has 0 saturated heterocycles. The van der Waals surface area contributed by atoms with Gasteiger partial charge in [-0.2, -0.15) is 0 Å². The molecule has 2 aromatic heterocycles. The van der Waals surface area contributed by atoms with E-state index in [-0.39, 0.29) is 0 Å². The molecule has 2 heterocycles. The molecule has 114 heavy (non-hydrogen) atoms. The van der Waals surface area contributed by atoms with Crippen LogP contribution in [-0.2, 0) is 0 Å². The van der Waals surface area contributed by atoms with Gasteiger partial charge >= 0.3 is 0 Å². The van der Waals surface area contributed by atoms with Crippen molar-refractivity contribution in [1.29, 1.82) is 0 Å². The van der Waals surface area contributed by atoms with Crippen LogP contribution in [0, 0.1) is 0 Å². The molecule has 528 valence electrons. The summed E-state index contributed by atoms with van der Waals surface area (Å²) in [6, 6.07) is 150. The molecule has 24 aromatic rings. The Morgan fingerprint density at radius 3 is 0.737 bits per heavy atom. The van der Waals surface area contributed by atoms with Gasteiger partial charge in [0, 0.05) is 43.8 Å². The average Bonchev–Trinajstić information content (AvgIpc) is 1.44. The molecule has 0 unspecified atom stereocenters. The lowest BCUT2D eigenvalue weighted by molar-refractivity contribution is 0.670. The van der Waals surface area contributed by atoms with Gasteiger partial charge in [0.15, 0.2) is 0 Å². The van der Waals surface area contributed by atoms with Crippen molar-refractivity contribution in [3.8, 4) is 89.0 Å². The summed E-state index contributed by atoms with van der Waals surface area (Å²) >= 11 is 0. The Kier molecular flexibility index (Phi) is 15.0. The van der Waals surface area contributed by atoms with E-state index in [1.165, 1.54) is 186 Å². The molecule has 2 nitrogen and oxygen atoms in total. The van der Waals surface area contributed by atoms with Crippen molar-refractivity contribution in [3.05, 3.63) is 413 Å². The molecule has 0 N–H and O–H groups in total. The average molecular weight is 1450 g/mol. The van der Waals surface area contributed by atoms with Gasteiger partial charge in [-0.25, -0.2) is 0 Å². The molecule has 0 aliphatic carbocycles. The Labute approximate surface area is 657 Å². The summed E-state index contributed by atoms with van der Waals surface area (Å²) in [4.78, 5) is 0. The van der Waals surface area contributed by atoms with Crippen molar-refractivity contribution in [2.45, 2.75) is 0 Å². The maximum absolute atomic E-state index is 6.93. The van der Waals surface area contributed by atoms with E-state index in [1.807, 2.05) is 0 Å². The Bertz CT molecular complexity index is 7860. The molecule has 0 amide bonds. The first-order chi connectivity index (χ1) is 56.6. The highest BCUT2D eigenvalue weighted by Gasteiger charge is 2.26. The van der Waals surface area contributed by atoms with E-state index in [9.17, 15) is 0 Å². The molecular formula is C112H68O2. The highest BCUT2D eigenvalue weighted by Crippen LogP contribution is 2.53. The van der Waals surface area contributed by atoms with Crippen molar-refractivity contribution in [2.24, 2.45) is 0 Å². The molecule has 0 radical (unpaired) electrons. The Hall–Kier alpha value is -15.0. The lowest BCUT2D eigenvalue weighted by atomic mass is 9.84.